The number of carbonyl (C=O) groups is 2. The number of carboxylic acid groups (broad SMARTS) is 1. The fraction of sp³-hybridized carbons (Fsp3) is 0.176. The Balaban J connectivity index is 1.78. The standard InChI is InChI=1S/C17H14O4S/c18-15(19)14(10-11-6-2-1-3-7-11)22-17-13-9-5-4-8-12(13)16(20)21-17/h1-9,14,17H,10H2,(H,18,19). The first-order chi connectivity index (χ1) is 10.6. The van der Waals surface area contributed by atoms with Crippen LogP contribution in [-0.2, 0) is 16.0 Å². The van der Waals surface area contributed by atoms with Crippen LogP contribution >= 0.6 is 11.8 Å². The number of hydrogen-bond donors (Lipinski definition) is 1. The van der Waals surface area contributed by atoms with Gasteiger partial charge in [0.2, 0.25) is 0 Å². The summed E-state index contributed by atoms with van der Waals surface area (Å²) in [6, 6.07) is 16.5. The van der Waals surface area contributed by atoms with E-state index in [0.29, 0.717) is 12.0 Å². The number of carbonyl (C=O) groups excluding carboxylic acids is 1. The van der Waals surface area contributed by atoms with Crippen LogP contribution in [0.15, 0.2) is 54.6 Å². The monoisotopic (exact) mass is 314 g/mol. The normalized spacial score (nSPS) is 17.6. The highest BCUT2D eigenvalue weighted by atomic mass is 32.2. The number of hydrogen-bond acceptors (Lipinski definition) is 4. The van der Waals surface area contributed by atoms with Gasteiger partial charge in [-0.1, -0.05) is 60.3 Å². The maximum absolute atomic E-state index is 11.8. The molecule has 112 valence electrons. The van der Waals surface area contributed by atoms with Crippen molar-refractivity contribution >= 4 is 23.7 Å². The summed E-state index contributed by atoms with van der Waals surface area (Å²) >= 11 is 1.16. The second-order valence-corrected chi connectivity index (χ2v) is 6.25. The third-order valence-corrected chi connectivity index (χ3v) is 4.77. The Bertz CT molecular complexity index is 699. The van der Waals surface area contributed by atoms with Crippen LogP contribution in [0.4, 0.5) is 0 Å². The van der Waals surface area contributed by atoms with Gasteiger partial charge in [0.15, 0.2) is 5.44 Å². The molecule has 0 aromatic heterocycles. The number of esters is 1. The molecule has 0 saturated carbocycles. The molecule has 5 heteroatoms. The minimum Gasteiger partial charge on any atom is -0.480 e. The third kappa shape index (κ3) is 2.99. The van der Waals surface area contributed by atoms with E-state index in [1.165, 1.54) is 0 Å². The molecule has 2 aromatic carbocycles. The van der Waals surface area contributed by atoms with Crippen molar-refractivity contribution in [3.63, 3.8) is 0 Å². The first-order valence-electron chi connectivity index (χ1n) is 6.87. The summed E-state index contributed by atoms with van der Waals surface area (Å²) in [6.45, 7) is 0. The Morgan fingerprint density at radius 2 is 1.82 bits per heavy atom. The van der Waals surface area contributed by atoms with Gasteiger partial charge in [-0.3, -0.25) is 4.79 Å². The molecule has 2 unspecified atom stereocenters. The lowest BCUT2D eigenvalue weighted by Gasteiger charge is -2.17. The van der Waals surface area contributed by atoms with Crippen molar-refractivity contribution in [3.8, 4) is 0 Å². The van der Waals surface area contributed by atoms with Crippen LogP contribution in [0.5, 0.6) is 0 Å². The van der Waals surface area contributed by atoms with Gasteiger partial charge >= 0.3 is 11.9 Å². The Morgan fingerprint density at radius 3 is 2.55 bits per heavy atom. The summed E-state index contributed by atoms with van der Waals surface area (Å²) in [4.78, 5) is 23.3. The molecule has 0 amide bonds. The van der Waals surface area contributed by atoms with E-state index in [-0.39, 0.29) is 0 Å². The van der Waals surface area contributed by atoms with Crippen molar-refractivity contribution in [1.82, 2.24) is 0 Å². The van der Waals surface area contributed by atoms with Crippen LogP contribution in [-0.4, -0.2) is 22.3 Å². The zero-order chi connectivity index (χ0) is 15.5. The van der Waals surface area contributed by atoms with E-state index >= 15 is 0 Å². The first kappa shape index (κ1) is 14.7. The molecule has 0 fully saturated rings. The number of ether oxygens (including phenoxy) is 1. The highest BCUT2D eigenvalue weighted by molar-refractivity contribution is 8.00. The van der Waals surface area contributed by atoms with Crippen LogP contribution in [0.25, 0.3) is 0 Å². The number of cyclic esters (lactones) is 1. The summed E-state index contributed by atoms with van der Waals surface area (Å²) in [6.07, 6.45) is 0.386. The second kappa shape index (κ2) is 6.23. The first-order valence-corrected chi connectivity index (χ1v) is 7.81. The van der Waals surface area contributed by atoms with Crippen molar-refractivity contribution in [1.29, 1.82) is 0 Å². The average Bonchev–Trinajstić information content (AvgIpc) is 2.84. The molecule has 0 bridgehead atoms. The molecule has 0 saturated heterocycles. The maximum Gasteiger partial charge on any atom is 0.340 e. The predicted molar refractivity (Wildman–Crippen MR) is 83.8 cm³/mol. The Kier molecular flexibility index (Phi) is 4.15. The molecule has 0 radical (unpaired) electrons. The SMILES string of the molecule is O=C1OC(SC(Cc2ccccc2)C(=O)O)c2ccccc21. The molecule has 1 aliphatic heterocycles. The highest BCUT2D eigenvalue weighted by Gasteiger charge is 2.34. The van der Waals surface area contributed by atoms with Crippen LogP contribution < -0.4 is 0 Å². The summed E-state index contributed by atoms with van der Waals surface area (Å²) in [7, 11) is 0. The van der Waals surface area contributed by atoms with Crippen molar-refractivity contribution in [3.05, 3.63) is 71.3 Å². The van der Waals surface area contributed by atoms with Crippen LogP contribution in [0, 0.1) is 0 Å². The van der Waals surface area contributed by atoms with E-state index in [2.05, 4.69) is 0 Å². The zero-order valence-electron chi connectivity index (χ0n) is 11.6. The number of rotatable bonds is 5. The lowest BCUT2D eigenvalue weighted by molar-refractivity contribution is -0.136. The zero-order valence-corrected chi connectivity index (χ0v) is 12.5. The molecule has 3 rings (SSSR count). The summed E-state index contributed by atoms with van der Waals surface area (Å²) in [5.74, 6) is -1.30. The molecule has 0 spiro atoms. The van der Waals surface area contributed by atoms with E-state index < -0.39 is 22.6 Å². The maximum atomic E-state index is 11.8. The number of fused-ring (bicyclic) bond motifs is 1. The lowest BCUT2D eigenvalue weighted by Crippen LogP contribution is -2.20. The van der Waals surface area contributed by atoms with E-state index in [0.717, 1.165) is 22.9 Å². The van der Waals surface area contributed by atoms with Gasteiger partial charge in [-0.2, -0.15) is 0 Å². The van der Waals surface area contributed by atoms with Gasteiger partial charge in [-0.25, -0.2) is 4.79 Å². The van der Waals surface area contributed by atoms with Crippen molar-refractivity contribution in [2.24, 2.45) is 0 Å². The quantitative estimate of drug-likeness (QED) is 0.858. The van der Waals surface area contributed by atoms with Gasteiger partial charge in [-0.15, -0.1) is 0 Å². The van der Waals surface area contributed by atoms with Crippen molar-refractivity contribution in [2.75, 3.05) is 0 Å². The Labute approximate surface area is 132 Å². The molecule has 1 heterocycles. The molecule has 2 aromatic rings. The van der Waals surface area contributed by atoms with Crippen molar-refractivity contribution in [2.45, 2.75) is 17.1 Å². The number of aliphatic carboxylic acids is 1. The Morgan fingerprint density at radius 1 is 1.14 bits per heavy atom. The van der Waals surface area contributed by atoms with Gasteiger partial charge in [0, 0.05) is 5.56 Å². The van der Waals surface area contributed by atoms with Crippen LogP contribution in [0.3, 0.4) is 0 Å². The van der Waals surface area contributed by atoms with Gasteiger partial charge in [0.25, 0.3) is 0 Å². The largest absolute Gasteiger partial charge is 0.480 e. The highest BCUT2D eigenvalue weighted by Crippen LogP contribution is 2.41. The molecule has 1 aliphatic rings. The topological polar surface area (TPSA) is 63.6 Å². The molecule has 1 N–H and O–H groups in total. The summed E-state index contributed by atoms with van der Waals surface area (Å²) in [5.41, 5.74) is 1.65. The predicted octanol–water partition coefficient (Wildman–Crippen LogP) is 3.28. The van der Waals surface area contributed by atoms with E-state index in [1.807, 2.05) is 36.4 Å². The fourth-order valence-electron chi connectivity index (χ4n) is 2.38. The van der Waals surface area contributed by atoms with E-state index in [1.54, 1.807) is 18.2 Å². The van der Waals surface area contributed by atoms with E-state index in [9.17, 15) is 14.7 Å². The minimum absolute atomic E-state index is 0.386. The van der Waals surface area contributed by atoms with Gasteiger partial charge in [0.1, 0.15) is 5.25 Å². The van der Waals surface area contributed by atoms with Gasteiger partial charge in [-0.05, 0) is 18.1 Å². The molecular weight excluding hydrogens is 300 g/mol. The van der Waals surface area contributed by atoms with Gasteiger partial charge < -0.3 is 9.84 Å². The second-order valence-electron chi connectivity index (χ2n) is 4.98. The molecule has 2 atom stereocenters. The fourth-order valence-corrected chi connectivity index (χ4v) is 3.58. The molecule has 22 heavy (non-hydrogen) atoms. The number of thioether (sulfide) groups is 1. The third-order valence-electron chi connectivity index (χ3n) is 3.48. The number of benzene rings is 2. The van der Waals surface area contributed by atoms with Crippen LogP contribution in [0.2, 0.25) is 0 Å². The summed E-state index contributed by atoms with van der Waals surface area (Å²) in [5, 5.41) is 8.77. The number of carboxylic acids is 1. The minimum atomic E-state index is -0.908. The average molecular weight is 314 g/mol. The summed E-state index contributed by atoms with van der Waals surface area (Å²) < 4.78 is 5.31. The Hall–Kier alpha value is -2.27. The molecule has 4 nitrogen and oxygen atoms in total. The smallest absolute Gasteiger partial charge is 0.340 e. The van der Waals surface area contributed by atoms with E-state index in [4.69, 9.17) is 4.74 Å². The van der Waals surface area contributed by atoms with Crippen molar-refractivity contribution < 1.29 is 19.4 Å². The molecular formula is C17H14O4S. The molecule has 0 aliphatic carbocycles. The van der Waals surface area contributed by atoms with Crippen LogP contribution in [0.1, 0.15) is 26.9 Å². The lowest BCUT2D eigenvalue weighted by atomic mass is 10.1. The van der Waals surface area contributed by atoms with Gasteiger partial charge in [0.05, 0.1) is 5.56 Å².